The van der Waals surface area contributed by atoms with Crippen LogP contribution in [-0.2, 0) is 13.0 Å². The molecule has 0 bridgehead atoms. The molecule has 0 atom stereocenters. The van der Waals surface area contributed by atoms with Gasteiger partial charge in [0.05, 0.1) is 6.10 Å². The fourth-order valence-corrected chi connectivity index (χ4v) is 2.95. The van der Waals surface area contributed by atoms with Crippen molar-refractivity contribution in [2.45, 2.75) is 77.5 Å². The van der Waals surface area contributed by atoms with Crippen LogP contribution in [0.5, 0.6) is 0 Å². The Morgan fingerprint density at radius 1 is 1.33 bits per heavy atom. The van der Waals surface area contributed by atoms with Crippen LogP contribution in [0.15, 0.2) is 11.3 Å². The molecule has 0 unspecified atom stereocenters. The Labute approximate surface area is 145 Å². The van der Waals surface area contributed by atoms with Crippen LogP contribution in [0.3, 0.4) is 0 Å². The van der Waals surface area contributed by atoms with Crippen LogP contribution in [0, 0.1) is 0 Å². The fourth-order valence-electron chi connectivity index (χ4n) is 2.95. The molecule has 1 aliphatic rings. The van der Waals surface area contributed by atoms with Gasteiger partial charge >= 0.3 is 0 Å². The van der Waals surface area contributed by atoms with Gasteiger partial charge in [0, 0.05) is 32.1 Å². The Kier molecular flexibility index (Phi) is 8.01. The van der Waals surface area contributed by atoms with E-state index < -0.39 is 0 Å². The van der Waals surface area contributed by atoms with Gasteiger partial charge in [-0.25, -0.2) is 0 Å². The van der Waals surface area contributed by atoms with Gasteiger partial charge in [-0.15, -0.1) is 10.2 Å². The number of aliphatic imine (C=N–C) groups is 1. The molecule has 2 rings (SSSR count). The summed E-state index contributed by atoms with van der Waals surface area (Å²) in [6, 6.07) is 0.405. The van der Waals surface area contributed by atoms with Gasteiger partial charge in [0.25, 0.3) is 0 Å². The Bertz CT molecular complexity index is 493. The summed E-state index contributed by atoms with van der Waals surface area (Å²) < 4.78 is 2.08. The molecule has 1 saturated carbocycles. The molecular weight excluding hydrogens is 304 g/mol. The normalized spacial score (nSPS) is 21.7. The number of guanidine groups is 1. The number of hydrogen-bond donors (Lipinski definition) is 3. The third-order valence-electron chi connectivity index (χ3n) is 4.48. The van der Waals surface area contributed by atoms with Crippen molar-refractivity contribution >= 4 is 5.96 Å². The molecule has 0 radical (unpaired) electrons. The standard InChI is InChI=1S/C17H32N6O/c1-3-5-10-18-17(21-14-6-8-15(24)9-7-14)19-11-12-23-13-20-22-16(23)4-2/h13-15,24H,3-12H2,1-2H3,(H2,18,19,21). The number of aliphatic hydroxyl groups excluding tert-OH is 1. The van der Waals surface area contributed by atoms with Gasteiger partial charge in [-0.2, -0.15) is 0 Å². The molecule has 7 nitrogen and oxygen atoms in total. The van der Waals surface area contributed by atoms with Crippen molar-refractivity contribution in [3.05, 3.63) is 12.2 Å². The lowest BCUT2D eigenvalue weighted by atomic mass is 9.93. The number of aryl methyl sites for hydroxylation is 1. The number of hydrogen-bond acceptors (Lipinski definition) is 4. The molecule has 0 aliphatic heterocycles. The van der Waals surface area contributed by atoms with E-state index in [-0.39, 0.29) is 6.10 Å². The van der Waals surface area contributed by atoms with E-state index in [1.54, 1.807) is 6.33 Å². The van der Waals surface area contributed by atoms with E-state index in [9.17, 15) is 5.11 Å². The van der Waals surface area contributed by atoms with Crippen molar-refractivity contribution < 1.29 is 5.11 Å². The topological polar surface area (TPSA) is 87.4 Å². The van der Waals surface area contributed by atoms with Gasteiger partial charge in [0.15, 0.2) is 5.96 Å². The van der Waals surface area contributed by atoms with Crippen molar-refractivity contribution in [2.24, 2.45) is 4.99 Å². The van der Waals surface area contributed by atoms with Crippen molar-refractivity contribution in [1.82, 2.24) is 25.4 Å². The predicted octanol–water partition coefficient (Wildman–Crippen LogP) is 1.48. The lowest BCUT2D eigenvalue weighted by molar-refractivity contribution is 0.120. The Morgan fingerprint density at radius 2 is 2.12 bits per heavy atom. The number of nitrogens with zero attached hydrogens (tertiary/aromatic N) is 4. The highest BCUT2D eigenvalue weighted by Crippen LogP contribution is 2.18. The van der Waals surface area contributed by atoms with Crippen molar-refractivity contribution in [3.8, 4) is 0 Å². The highest BCUT2D eigenvalue weighted by atomic mass is 16.3. The van der Waals surface area contributed by atoms with E-state index in [0.717, 1.165) is 76.4 Å². The second-order valence-corrected chi connectivity index (χ2v) is 6.45. The first kappa shape index (κ1) is 18.7. The minimum Gasteiger partial charge on any atom is -0.393 e. The summed E-state index contributed by atoms with van der Waals surface area (Å²) in [6.07, 6.45) is 8.54. The molecule has 24 heavy (non-hydrogen) atoms. The molecule has 1 heterocycles. The molecule has 3 N–H and O–H groups in total. The zero-order valence-corrected chi connectivity index (χ0v) is 15.0. The SMILES string of the molecule is CCCCN=C(NCCn1cnnc1CC)NC1CCC(O)CC1. The van der Waals surface area contributed by atoms with E-state index in [2.05, 4.69) is 44.2 Å². The maximum atomic E-state index is 9.64. The van der Waals surface area contributed by atoms with Crippen LogP contribution in [-0.4, -0.2) is 51.1 Å². The maximum Gasteiger partial charge on any atom is 0.191 e. The van der Waals surface area contributed by atoms with Crippen LogP contribution in [0.1, 0.15) is 58.2 Å². The fraction of sp³-hybridized carbons (Fsp3) is 0.824. The second kappa shape index (κ2) is 10.3. The number of aliphatic hydroxyl groups is 1. The molecule has 136 valence electrons. The van der Waals surface area contributed by atoms with E-state index in [0.29, 0.717) is 6.04 Å². The zero-order chi connectivity index (χ0) is 17.2. The average Bonchev–Trinajstić information content (AvgIpc) is 3.04. The third-order valence-corrected chi connectivity index (χ3v) is 4.48. The minimum absolute atomic E-state index is 0.127. The van der Waals surface area contributed by atoms with Gasteiger partial charge in [-0.05, 0) is 32.1 Å². The maximum absolute atomic E-state index is 9.64. The highest BCUT2D eigenvalue weighted by molar-refractivity contribution is 5.80. The smallest absolute Gasteiger partial charge is 0.191 e. The molecule has 0 saturated heterocycles. The molecule has 0 amide bonds. The molecular formula is C17H32N6O. The predicted molar refractivity (Wildman–Crippen MR) is 96.0 cm³/mol. The first-order valence-corrected chi connectivity index (χ1v) is 9.32. The summed E-state index contributed by atoms with van der Waals surface area (Å²) >= 11 is 0. The zero-order valence-electron chi connectivity index (χ0n) is 15.0. The van der Waals surface area contributed by atoms with E-state index in [4.69, 9.17) is 0 Å². The number of nitrogens with one attached hydrogen (secondary N) is 2. The summed E-state index contributed by atoms with van der Waals surface area (Å²) in [5, 5.41) is 24.7. The summed E-state index contributed by atoms with van der Waals surface area (Å²) in [5.74, 6) is 1.89. The van der Waals surface area contributed by atoms with Crippen LogP contribution >= 0.6 is 0 Å². The van der Waals surface area contributed by atoms with E-state index in [1.165, 1.54) is 0 Å². The van der Waals surface area contributed by atoms with Crippen molar-refractivity contribution in [2.75, 3.05) is 13.1 Å². The first-order chi connectivity index (χ1) is 11.7. The molecule has 1 aromatic heterocycles. The molecule has 0 spiro atoms. The summed E-state index contributed by atoms with van der Waals surface area (Å²) in [6.45, 7) is 6.72. The number of rotatable bonds is 8. The van der Waals surface area contributed by atoms with Crippen LogP contribution in [0.2, 0.25) is 0 Å². The minimum atomic E-state index is -0.127. The van der Waals surface area contributed by atoms with Gasteiger partial charge in [0.2, 0.25) is 0 Å². The Morgan fingerprint density at radius 3 is 2.83 bits per heavy atom. The molecule has 7 heteroatoms. The summed E-state index contributed by atoms with van der Waals surface area (Å²) in [4.78, 5) is 4.68. The lowest BCUT2D eigenvalue weighted by Crippen LogP contribution is -2.46. The monoisotopic (exact) mass is 336 g/mol. The van der Waals surface area contributed by atoms with Gasteiger partial charge in [-0.3, -0.25) is 4.99 Å². The highest BCUT2D eigenvalue weighted by Gasteiger charge is 2.20. The van der Waals surface area contributed by atoms with E-state index >= 15 is 0 Å². The van der Waals surface area contributed by atoms with Crippen molar-refractivity contribution in [1.29, 1.82) is 0 Å². The second-order valence-electron chi connectivity index (χ2n) is 6.45. The third kappa shape index (κ3) is 6.11. The van der Waals surface area contributed by atoms with Gasteiger partial charge in [-0.1, -0.05) is 20.3 Å². The van der Waals surface area contributed by atoms with E-state index in [1.807, 2.05) is 0 Å². The van der Waals surface area contributed by atoms with Gasteiger partial charge in [0.1, 0.15) is 12.2 Å². The molecule has 1 aliphatic carbocycles. The molecule has 1 aromatic rings. The largest absolute Gasteiger partial charge is 0.393 e. The van der Waals surface area contributed by atoms with Crippen LogP contribution in [0.25, 0.3) is 0 Å². The summed E-state index contributed by atoms with van der Waals surface area (Å²) in [7, 11) is 0. The Balaban J connectivity index is 1.82. The molecule has 1 fully saturated rings. The number of unbranched alkanes of at least 4 members (excludes halogenated alkanes) is 1. The Hall–Kier alpha value is -1.63. The quantitative estimate of drug-likeness (QED) is 0.380. The number of aromatic nitrogens is 3. The molecule has 0 aromatic carbocycles. The van der Waals surface area contributed by atoms with Crippen molar-refractivity contribution in [3.63, 3.8) is 0 Å². The summed E-state index contributed by atoms with van der Waals surface area (Å²) in [5.41, 5.74) is 0. The average molecular weight is 336 g/mol. The van der Waals surface area contributed by atoms with Crippen LogP contribution < -0.4 is 10.6 Å². The van der Waals surface area contributed by atoms with Gasteiger partial charge < -0.3 is 20.3 Å². The first-order valence-electron chi connectivity index (χ1n) is 9.32. The lowest BCUT2D eigenvalue weighted by Gasteiger charge is -2.27. The van der Waals surface area contributed by atoms with Crippen LogP contribution in [0.4, 0.5) is 0 Å².